The zero-order valence-electron chi connectivity index (χ0n) is 15.4. The van der Waals surface area contributed by atoms with Gasteiger partial charge in [0.15, 0.2) is 5.72 Å². The highest BCUT2D eigenvalue weighted by Gasteiger charge is 2.43. The van der Waals surface area contributed by atoms with E-state index in [2.05, 4.69) is 9.88 Å². The predicted octanol–water partition coefficient (Wildman–Crippen LogP) is 2.39. The molecule has 1 aromatic heterocycles. The molecule has 1 aliphatic heterocycles. The van der Waals surface area contributed by atoms with Crippen molar-refractivity contribution in [1.29, 1.82) is 0 Å². The molecule has 0 radical (unpaired) electrons. The summed E-state index contributed by atoms with van der Waals surface area (Å²) in [6, 6.07) is 1.85. The number of anilines is 2. The Kier molecular flexibility index (Phi) is 4.94. The summed E-state index contributed by atoms with van der Waals surface area (Å²) < 4.78 is 11.2. The predicted molar refractivity (Wildman–Crippen MR) is 94.0 cm³/mol. The van der Waals surface area contributed by atoms with Crippen molar-refractivity contribution in [2.45, 2.75) is 45.9 Å². The summed E-state index contributed by atoms with van der Waals surface area (Å²) >= 11 is 0. The molecule has 0 spiro atoms. The van der Waals surface area contributed by atoms with Crippen molar-refractivity contribution in [3.05, 3.63) is 17.8 Å². The van der Waals surface area contributed by atoms with E-state index >= 15 is 0 Å². The fraction of sp³-hybridized carbons (Fsp3) is 0.647. The van der Waals surface area contributed by atoms with Crippen LogP contribution in [-0.2, 0) is 9.47 Å². The maximum Gasteiger partial charge on any atom is 0.412 e. The smallest absolute Gasteiger partial charge is 0.412 e. The standard InChI is InChI=1S/C17H28N4O3/c1-12-9-14(18)19-10-13(12)20-7-8-21(17(5,11-20)23-6)15(22)24-16(2,3)4/h9-10H,7-8,11H2,1-6H3,(H2,18,19)/t17-/m1/s1. The molecule has 1 aromatic rings. The number of methoxy groups -OCH3 is 1. The summed E-state index contributed by atoms with van der Waals surface area (Å²) in [5.74, 6) is 0.498. The van der Waals surface area contributed by atoms with E-state index in [9.17, 15) is 4.79 Å². The minimum Gasteiger partial charge on any atom is -0.444 e. The summed E-state index contributed by atoms with van der Waals surface area (Å²) in [6.45, 7) is 11.2. The summed E-state index contributed by atoms with van der Waals surface area (Å²) in [6.07, 6.45) is 1.41. The third kappa shape index (κ3) is 3.90. The number of carbonyl (C=O) groups excluding carboxylic acids is 1. The topological polar surface area (TPSA) is 80.9 Å². The first-order valence-electron chi connectivity index (χ1n) is 8.08. The van der Waals surface area contributed by atoms with Crippen molar-refractivity contribution in [1.82, 2.24) is 9.88 Å². The molecule has 2 N–H and O–H groups in total. The Morgan fingerprint density at radius 2 is 2.04 bits per heavy atom. The summed E-state index contributed by atoms with van der Waals surface area (Å²) in [7, 11) is 1.61. The van der Waals surface area contributed by atoms with E-state index in [0.29, 0.717) is 25.5 Å². The molecule has 0 aromatic carbocycles. The lowest BCUT2D eigenvalue weighted by Crippen LogP contribution is -2.64. The molecule has 0 saturated carbocycles. The number of rotatable bonds is 2. The highest BCUT2D eigenvalue weighted by molar-refractivity contribution is 5.70. The zero-order chi connectivity index (χ0) is 18.1. The second kappa shape index (κ2) is 6.47. The van der Waals surface area contributed by atoms with Gasteiger partial charge in [0.2, 0.25) is 0 Å². The van der Waals surface area contributed by atoms with E-state index in [1.54, 1.807) is 18.2 Å². The summed E-state index contributed by atoms with van der Waals surface area (Å²) in [5, 5.41) is 0. The molecule has 24 heavy (non-hydrogen) atoms. The SMILES string of the molecule is CO[C@]1(C)CN(c2cnc(N)cc2C)CCN1C(=O)OC(C)(C)C. The zero-order valence-corrected chi connectivity index (χ0v) is 15.4. The Balaban J connectivity index is 2.21. The second-order valence-corrected chi connectivity index (χ2v) is 7.33. The molecular weight excluding hydrogens is 308 g/mol. The molecule has 1 amide bonds. The average Bonchev–Trinajstić information content (AvgIpc) is 2.45. The van der Waals surface area contributed by atoms with Gasteiger partial charge in [0.05, 0.1) is 18.4 Å². The maximum atomic E-state index is 12.5. The second-order valence-electron chi connectivity index (χ2n) is 7.33. The quantitative estimate of drug-likeness (QED) is 0.893. The van der Waals surface area contributed by atoms with Gasteiger partial charge >= 0.3 is 6.09 Å². The number of pyridine rings is 1. The number of nitrogens with zero attached hydrogens (tertiary/aromatic N) is 3. The molecule has 7 nitrogen and oxygen atoms in total. The van der Waals surface area contributed by atoms with Crippen LogP contribution in [0.2, 0.25) is 0 Å². The Morgan fingerprint density at radius 3 is 2.58 bits per heavy atom. The van der Waals surface area contributed by atoms with Crippen LogP contribution in [0.5, 0.6) is 0 Å². The van der Waals surface area contributed by atoms with Gasteiger partial charge in [0.25, 0.3) is 0 Å². The van der Waals surface area contributed by atoms with Crippen LogP contribution in [0.4, 0.5) is 16.3 Å². The molecule has 1 fully saturated rings. The molecule has 1 saturated heterocycles. The van der Waals surface area contributed by atoms with E-state index in [4.69, 9.17) is 15.2 Å². The highest BCUT2D eigenvalue weighted by atomic mass is 16.6. The fourth-order valence-electron chi connectivity index (χ4n) is 2.86. The van der Waals surface area contributed by atoms with Crippen molar-refractivity contribution in [2.24, 2.45) is 0 Å². The van der Waals surface area contributed by atoms with Gasteiger partial charge in [-0.05, 0) is 46.2 Å². The van der Waals surface area contributed by atoms with Crippen molar-refractivity contribution in [3.63, 3.8) is 0 Å². The van der Waals surface area contributed by atoms with Crippen molar-refractivity contribution >= 4 is 17.6 Å². The first kappa shape index (κ1) is 18.3. The van der Waals surface area contributed by atoms with Gasteiger partial charge < -0.3 is 20.1 Å². The maximum absolute atomic E-state index is 12.5. The average molecular weight is 336 g/mol. The number of amides is 1. The minimum atomic E-state index is -0.783. The van der Waals surface area contributed by atoms with Gasteiger partial charge in [-0.1, -0.05) is 0 Å². The Bertz CT molecular complexity index is 614. The van der Waals surface area contributed by atoms with Gasteiger partial charge in [-0.2, -0.15) is 0 Å². The van der Waals surface area contributed by atoms with Crippen LogP contribution in [-0.4, -0.2) is 54.0 Å². The Hall–Kier alpha value is -2.02. The number of carbonyl (C=O) groups is 1. The first-order chi connectivity index (χ1) is 11.1. The van der Waals surface area contributed by atoms with Crippen LogP contribution in [0.15, 0.2) is 12.3 Å². The molecule has 134 valence electrons. The first-order valence-corrected chi connectivity index (χ1v) is 8.08. The lowest BCUT2D eigenvalue weighted by atomic mass is 10.1. The van der Waals surface area contributed by atoms with Gasteiger partial charge in [-0.15, -0.1) is 0 Å². The van der Waals surface area contributed by atoms with Crippen molar-refractivity contribution in [2.75, 3.05) is 37.4 Å². The van der Waals surface area contributed by atoms with Gasteiger partial charge in [0, 0.05) is 20.2 Å². The lowest BCUT2D eigenvalue weighted by molar-refractivity contribution is -0.121. The van der Waals surface area contributed by atoms with Crippen molar-refractivity contribution in [3.8, 4) is 0 Å². The summed E-state index contributed by atoms with van der Waals surface area (Å²) in [4.78, 5) is 20.5. The fourth-order valence-corrected chi connectivity index (χ4v) is 2.86. The summed E-state index contributed by atoms with van der Waals surface area (Å²) in [5.41, 5.74) is 6.45. The van der Waals surface area contributed by atoms with Gasteiger partial charge in [-0.3, -0.25) is 4.90 Å². The van der Waals surface area contributed by atoms with Gasteiger partial charge in [-0.25, -0.2) is 9.78 Å². The van der Waals surface area contributed by atoms with Crippen LogP contribution >= 0.6 is 0 Å². The van der Waals surface area contributed by atoms with Gasteiger partial charge in [0.1, 0.15) is 11.4 Å². The van der Waals surface area contributed by atoms with Crippen LogP contribution in [0.25, 0.3) is 0 Å². The number of nitrogen functional groups attached to an aromatic ring is 1. The highest BCUT2D eigenvalue weighted by Crippen LogP contribution is 2.29. The van der Waals surface area contributed by atoms with E-state index in [1.165, 1.54) is 0 Å². The van der Waals surface area contributed by atoms with Crippen molar-refractivity contribution < 1.29 is 14.3 Å². The number of aryl methyl sites for hydroxylation is 1. The third-order valence-electron chi connectivity index (χ3n) is 4.15. The number of nitrogens with two attached hydrogens (primary N) is 1. The molecular formula is C17H28N4O3. The Labute approximate surface area is 143 Å². The van der Waals surface area contributed by atoms with Crippen LogP contribution in [0.3, 0.4) is 0 Å². The molecule has 0 unspecified atom stereocenters. The monoisotopic (exact) mass is 336 g/mol. The molecule has 7 heteroatoms. The van der Waals surface area contributed by atoms with Crippen LogP contribution < -0.4 is 10.6 Å². The number of hydrogen-bond acceptors (Lipinski definition) is 6. The molecule has 1 atom stereocenters. The normalized spacial score (nSPS) is 21.8. The minimum absolute atomic E-state index is 0.362. The van der Waals surface area contributed by atoms with E-state index in [-0.39, 0.29) is 6.09 Å². The largest absolute Gasteiger partial charge is 0.444 e. The molecule has 2 heterocycles. The number of piperazine rings is 1. The number of ether oxygens (including phenoxy) is 2. The van der Waals surface area contributed by atoms with Crippen LogP contribution in [0.1, 0.15) is 33.3 Å². The Morgan fingerprint density at radius 1 is 1.38 bits per heavy atom. The number of hydrogen-bond donors (Lipinski definition) is 1. The van der Waals surface area contributed by atoms with Crippen LogP contribution in [0, 0.1) is 6.92 Å². The lowest BCUT2D eigenvalue weighted by Gasteiger charge is -2.48. The molecule has 2 rings (SSSR count). The van der Waals surface area contributed by atoms with E-state index in [1.807, 2.05) is 40.7 Å². The molecule has 0 aliphatic carbocycles. The molecule has 1 aliphatic rings. The van der Waals surface area contributed by atoms with E-state index < -0.39 is 11.3 Å². The number of aromatic nitrogens is 1. The third-order valence-corrected chi connectivity index (χ3v) is 4.15. The van der Waals surface area contributed by atoms with E-state index in [0.717, 1.165) is 11.3 Å². The molecule has 0 bridgehead atoms.